The summed E-state index contributed by atoms with van der Waals surface area (Å²) in [6.07, 6.45) is 3.59. The van der Waals surface area contributed by atoms with Crippen LogP contribution in [0.25, 0.3) is 5.52 Å². The maximum Gasteiger partial charge on any atom is 0.154 e. The maximum absolute atomic E-state index is 8.93. The van der Waals surface area contributed by atoms with Crippen LogP contribution in [0, 0.1) is 24.2 Å². The van der Waals surface area contributed by atoms with E-state index in [1.807, 2.05) is 30.6 Å². The minimum atomic E-state index is -0.0176. The van der Waals surface area contributed by atoms with Gasteiger partial charge in [-0.3, -0.25) is 0 Å². The molecule has 0 N–H and O–H groups in total. The summed E-state index contributed by atoms with van der Waals surface area (Å²) >= 11 is 0. The van der Waals surface area contributed by atoms with Crippen LogP contribution in [0.2, 0.25) is 0 Å². The van der Waals surface area contributed by atoms with Crippen molar-refractivity contribution in [1.82, 2.24) is 14.6 Å². The van der Waals surface area contributed by atoms with Crippen LogP contribution >= 0.6 is 0 Å². The van der Waals surface area contributed by atoms with Crippen LogP contribution in [0.3, 0.4) is 0 Å². The van der Waals surface area contributed by atoms with Gasteiger partial charge in [-0.15, -0.1) is 0 Å². The van der Waals surface area contributed by atoms with Crippen molar-refractivity contribution in [3.63, 3.8) is 0 Å². The zero-order chi connectivity index (χ0) is 13.1. The summed E-state index contributed by atoms with van der Waals surface area (Å²) in [5.41, 5.74) is 1.95. The van der Waals surface area contributed by atoms with Gasteiger partial charge in [0, 0.05) is 25.5 Å². The van der Waals surface area contributed by atoms with Crippen molar-refractivity contribution >= 4 is 11.3 Å². The molecule has 0 aliphatic rings. The smallest absolute Gasteiger partial charge is 0.154 e. The van der Waals surface area contributed by atoms with E-state index < -0.39 is 0 Å². The van der Waals surface area contributed by atoms with Gasteiger partial charge in [-0.25, -0.2) is 9.50 Å². The van der Waals surface area contributed by atoms with Gasteiger partial charge in [0.25, 0.3) is 0 Å². The van der Waals surface area contributed by atoms with E-state index in [1.165, 1.54) is 0 Å². The van der Waals surface area contributed by atoms with E-state index in [0.717, 1.165) is 23.6 Å². The van der Waals surface area contributed by atoms with Gasteiger partial charge in [-0.1, -0.05) is 0 Å². The third kappa shape index (κ3) is 2.28. The fraction of sp³-hybridized carbons (Fsp3) is 0.462. The molecule has 0 amide bonds. The van der Waals surface area contributed by atoms with Gasteiger partial charge in [0.15, 0.2) is 5.82 Å². The number of fused-ring (bicyclic) bond motifs is 1. The van der Waals surface area contributed by atoms with E-state index in [9.17, 15) is 0 Å². The molecule has 0 fully saturated rings. The molecule has 2 aromatic heterocycles. The number of hydrogen-bond acceptors (Lipinski definition) is 4. The molecule has 94 valence electrons. The lowest BCUT2D eigenvalue weighted by molar-refractivity contribution is 0.679. The van der Waals surface area contributed by atoms with Gasteiger partial charge in [0.2, 0.25) is 0 Å². The number of anilines is 1. The lowest BCUT2D eigenvalue weighted by Gasteiger charge is -2.23. The topological polar surface area (TPSA) is 57.2 Å². The number of rotatable bonds is 4. The second-order valence-corrected chi connectivity index (χ2v) is 4.44. The van der Waals surface area contributed by atoms with Crippen molar-refractivity contribution in [2.45, 2.75) is 20.8 Å². The highest BCUT2D eigenvalue weighted by atomic mass is 15.3. The maximum atomic E-state index is 8.93. The number of nitriles is 1. The van der Waals surface area contributed by atoms with Gasteiger partial charge in [-0.2, -0.15) is 10.4 Å². The number of aryl methyl sites for hydroxylation is 1. The Morgan fingerprint density at radius 1 is 1.56 bits per heavy atom. The summed E-state index contributed by atoms with van der Waals surface area (Å²) in [4.78, 5) is 6.55. The molecule has 0 saturated carbocycles. The van der Waals surface area contributed by atoms with Crippen molar-refractivity contribution in [2.24, 2.45) is 5.92 Å². The molecule has 0 aliphatic heterocycles. The van der Waals surface area contributed by atoms with Crippen LogP contribution in [0.5, 0.6) is 0 Å². The summed E-state index contributed by atoms with van der Waals surface area (Å²) in [5.74, 6) is 0.874. The molecule has 0 saturated heterocycles. The Balaban J connectivity index is 2.42. The lowest BCUT2D eigenvalue weighted by Crippen LogP contribution is -2.29. The summed E-state index contributed by atoms with van der Waals surface area (Å²) < 4.78 is 1.83. The molecule has 0 aromatic carbocycles. The highest BCUT2D eigenvalue weighted by molar-refractivity contribution is 5.69. The molecule has 0 bridgehead atoms. The molecule has 0 radical (unpaired) electrons. The van der Waals surface area contributed by atoms with E-state index in [4.69, 9.17) is 5.26 Å². The summed E-state index contributed by atoms with van der Waals surface area (Å²) in [7, 11) is 0. The van der Waals surface area contributed by atoms with E-state index >= 15 is 0 Å². The molecule has 1 atom stereocenters. The summed E-state index contributed by atoms with van der Waals surface area (Å²) in [6, 6.07) is 4.28. The highest BCUT2D eigenvalue weighted by Crippen LogP contribution is 2.20. The minimum absolute atomic E-state index is 0.0176. The molecule has 2 heterocycles. The second kappa shape index (κ2) is 5.05. The number of nitrogens with zero attached hydrogens (tertiary/aromatic N) is 5. The predicted octanol–water partition coefficient (Wildman–Crippen LogP) is 2.02. The normalized spacial score (nSPS) is 12.3. The molecule has 0 aliphatic carbocycles. The van der Waals surface area contributed by atoms with Gasteiger partial charge in [0.1, 0.15) is 5.52 Å². The van der Waals surface area contributed by atoms with Crippen molar-refractivity contribution in [1.29, 1.82) is 5.26 Å². The molecule has 5 nitrogen and oxygen atoms in total. The molecular weight excluding hydrogens is 226 g/mol. The Labute approximate surface area is 107 Å². The van der Waals surface area contributed by atoms with Crippen LogP contribution in [0.15, 0.2) is 18.5 Å². The summed E-state index contributed by atoms with van der Waals surface area (Å²) in [6.45, 7) is 7.46. The van der Waals surface area contributed by atoms with Crippen LogP contribution in [0.4, 0.5) is 5.82 Å². The van der Waals surface area contributed by atoms with Crippen LogP contribution in [-0.4, -0.2) is 27.7 Å². The Hall–Kier alpha value is -2.09. The van der Waals surface area contributed by atoms with Crippen molar-refractivity contribution in [3.8, 4) is 6.07 Å². The zero-order valence-corrected chi connectivity index (χ0v) is 11.0. The van der Waals surface area contributed by atoms with Crippen LogP contribution in [0.1, 0.15) is 19.5 Å². The van der Waals surface area contributed by atoms with Crippen molar-refractivity contribution in [3.05, 3.63) is 24.2 Å². The van der Waals surface area contributed by atoms with Crippen molar-refractivity contribution < 1.29 is 0 Å². The molecular formula is C13H17N5. The quantitative estimate of drug-likeness (QED) is 0.824. The Morgan fingerprint density at radius 2 is 2.33 bits per heavy atom. The average molecular weight is 243 g/mol. The first-order valence-corrected chi connectivity index (χ1v) is 6.11. The molecule has 0 spiro atoms. The number of aromatic nitrogens is 3. The highest BCUT2D eigenvalue weighted by Gasteiger charge is 2.14. The van der Waals surface area contributed by atoms with Gasteiger partial charge < -0.3 is 4.90 Å². The first-order chi connectivity index (χ1) is 8.65. The Morgan fingerprint density at radius 3 is 3.00 bits per heavy atom. The average Bonchev–Trinajstić information content (AvgIpc) is 2.75. The third-order valence-electron chi connectivity index (χ3n) is 2.89. The first-order valence-electron chi connectivity index (χ1n) is 6.11. The summed E-state index contributed by atoms with van der Waals surface area (Å²) in [5, 5.41) is 13.3. The van der Waals surface area contributed by atoms with E-state index in [2.05, 4.69) is 28.0 Å². The van der Waals surface area contributed by atoms with Crippen LogP contribution in [-0.2, 0) is 0 Å². The number of hydrogen-bond donors (Lipinski definition) is 0. The standard InChI is InChI=1S/C13H17N5/c1-4-17(9-10(2)8-14)13-12-7-11(3)16-18(12)6-5-15-13/h5-7,10H,4,9H2,1-3H3. The van der Waals surface area contributed by atoms with E-state index in [-0.39, 0.29) is 5.92 Å². The monoisotopic (exact) mass is 243 g/mol. The zero-order valence-electron chi connectivity index (χ0n) is 11.0. The van der Waals surface area contributed by atoms with Crippen molar-refractivity contribution in [2.75, 3.05) is 18.0 Å². The van der Waals surface area contributed by atoms with Gasteiger partial charge in [0.05, 0.1) is 17.7 Å². The largest absolute Gasteiger partial charge is 0.354 e. The predicted molar refractivity (Wildman–Crippen MR) is 70.4 cm³/mol. The molecule has 18 heavy (non-hydrogen) atoms. The molecule has 2 rings (SSSR count). The fourth-order valence-corrected chi connectivity index (χ4v) is 2.01. The van der Waals surface area contributed by atoms with Crippen LogP contribution < -0.4 is 4.90 Å². The second-order valence-electron chi connectivity index (χ2n) is 4.44. The Bertz CT molecular complexity index is 581. The molecule has 5 heteroatoms. The fourth-order valence-electron chi connectivity index (χ4n) is 2.01. The minimum Gasteiger partial charge on any atom is -0.354 e. The molecule has 2 aromatic rings. The van der Waals surface area contributed by atoms with Gasteiger partial charge in [-0.05, 0) is 26.8 Å². The van der Waals surface area contributed by atoms with E-state index in [0.29, 0.717) is 6.54 Å². The lowest BCUT2D eigenvalue weighted by atomic mass is 10.2. The SMILES string of the molecule is CCN(CC(C)C#N)c1nccn2nc(C)cc12. The van der Waals surface area contributed by atoms with Gasteiger partial charge >= 0.3 is 0 Å². The third-order valence-corrected chi connectivity index (χ3v) is 2.89. The molecule has 1 unspecified atom stereocenters. The first kappa shape index (κ1) is 12.4. The Kier molecular flexibility index (Phi) is 3.47. The van der Waals surface area contributed by atoms with E-state index in [1.54, 1.807) is 6.20 Å².